The summed E-state index contributed by atoms with van der Waals surface area (Å²) in [7, 11) is 0. The van der Waals surface area contributed by atoms with E-state index in [1.165, 1.54) is 6.08 Å². The minimum absolute atomic E-state index is 0.102. The Morgan fingerprint density at radius 1 is 1.03 bits per heavy atom. The zero-order valence-corrected chi connectivity index (χ0v) is 20.2. The molecule has 0 radical (unpaired) electrons. The van der Waals surface area contributed by atoms with Crippen LogP contribution in [0, 0.1) is 6.92 Å². The maximum atomic E-state index is 13.2. The van der Waals surface area contributed by atoms with Gasteiger partial charge in [-0.1, -0.05) is 38.1 Å². The van der Waals surface area contributed by atoms with E-state index in [0.29, 0.717) is 30.5 Å². The summed E-state index contributed by atoms with van der Waals surface area (Å²) >= 11 is 0. The van der Waals surface area contributed by atoms with Crippen LogP contribution in [-0.2, 0) is 16.1 Å². The molecule has 1 aromatic heterocycles. The number of carbonyl (C=O) groups excluding carboxylic acids is 3. The molecular weight excluding hydrogens is 442 g/mol. The minimum Gasteiger partial charge on any atom is -0.492 e. The Bertz CT molecular complexity index is 1270. The normalized spacial score (nSPS) is 15.9. The summed E-state index contributed by atoms with van der Waals surface area (Å²) in [5.41, 5.74) is 3.22. The van der Waals surface area contributed by atoms with Crippen molar-refractivity contribution < 1.29 is 19.1 Å². The highest BCUT2D eigenvalue weighted by molar-refractivity contribution is 6.39. The van der Waals surface area contributed by atoms with Crippen LogP contribution < -0.4 is 15.0 Å². The van der Waals surface area contributed by atoms with E-state index in [1.54, 1.807) is 12.1 Å². The quantitative estimate of drug-likeness (QED) is 0.368. The van der Waals surface area contributed by atoms with Gasteiger partial charge in [0, 0.05) is 11.9 Å². The summed E-state index contributed by atoms with van der Waals surface area (Å²) in [5.74, 6) is -0.211. The van der Waals surface area contributed by atoms with Gasteiger partial charge in [0.25, 0.3) is 11.8 Å². The van der Waals surface area contributed by atoms with Crippen LogP contribution in [-0.4, -0.2) is 29.0 Å². The van der Waals surface area contributed by atoms with Crippen LogP contribution in [0.5, 0.6) is 5.75 Å². The molecule has 0 spiro atoms. The van der Waals surface area contributed by atoms with Crippen molar-refractivity contribution in [1.29, 1.82) is 0 Å². The van der Waals surface area contributed by atoms with Crippen LogP contribution >= 0.6 is 0 Å². The van der Waals surface area contributed by atoms with Crippen molar-refractivity contribution >= 4 is 29.6 Å². The Kier molecular flexibility index (Phi) is 7.15. The molecule has 3 aromatic rings. The Hall–Kier alpha value is -4.13. The lowest BCUT2D eigenvalue weighted by atomic mass is 9.98. The van der Waals surface area contributed by atoms with E-state index in [-0.39, 0.29) is 5.57 Å². The van der Waals surface area contributed by atoms with E-state index >= 15 is 0 Å². The summed E-state index contributed by atoms with van der Waals surface area (Å²) in [6, 6.07) is 18.0. The number of aromatic nitrogens is 1. The monoisotopic (exact) mass is 471 g/mol. The summed E-state index contributed by atoms with van der Waals surface area (Å²) in [4.78, 5) is 39.3. The van der Waals surface area contributed by atoms with Crippen molar-refractivity contribution in [1.82, 2.24) is 9.88 Å². The van der Waals surface area contributed by atoms with E-state index in [1.807, 2.05) is 66.2 Å². The van der Waals surface area contributed by atoms with Gasteiger partial charge in [0.15, 0.2) is 0 Å². The highest BCUT2D eigenvalue weighted by atomic mass is 16.5. The maximum absolute atomic E-state index is 13.2. The molecule has 1 N–H and O–H groups in total. The number of barbiturate groups is 1. The molecule has 0 aliphatic carbocycles. The maximum Gasteiger partial charge on any atom is 0.335 e. The van der Waals surface area contributed by atoms with Gasteiger partial charge < -0.3 is 9.30 Å². The molecule has 2 heterocycles. The van der Waals surface area contributed by atoms with Crippen LogP contribution in [0.2, 0.25) is 0 Å². The molecule has 1 atom stereocenters. The average Bonchev–Trinajstić information content (AvgIpc) is 3.28. The van der Waals surface area contributed by atoms with Crippen molar-refractivity contribution in [3.63, 3.8) is 0 Å². The predicted molar refractivity (Wildman–Crippen MR) is 135 cm³/mol. The summed E-state index contributed by atoms with van der Waals surface area (Å²) in [5, 5.41) is 2.28. The van der Waals surface area contributed by atoms with Gasteiger partial charge in [-0.15, -0.1) is 0 Å². The number of imide groups is 2. The third kappa shape index (κ3) is 5.35. The number of aryl methyl sites for hydroxylation is 1. The molecule has 4 amide bonds. The van der Waals surface area contributed by atoms with Crippen LogP contribution in [0.15, 0.2) is 72.4 Å². The summed E-state index contributed by atoms with van der Waals surface area (Å²) in [6.07, 6.45) is 4.35. The fourth-order valence-electron chi connectivity index (χ4n) is 3.96. The molecule has 0 bridgehead atoms. The van der Waals surface area contributed by atoms with Crippen molar-refractivity contribution in [2.24, 2.45) is 0 Å². The average molecular weight is 472 g/mol. The number of rotatable bonds is 8. The van der Waals surface area contributed by atoms with Crippen molar-refractivity contribution in [3.05, 3.63) is 89.3 Å². The first-order chi connectivity index (χ1) is 16.9. The third-order valence-corrected chi connectivity index (χ3v) is 6.18. The van der Waals surface area contributed by atoms with Gasteiger partial charge in [-0.2, -0.15) is 0 Å². The number of urea groups is 1. The molecule has 7 nitrogen and oxygen atoms in total. The fourth-order valence-corrected chi connectivity index (χ4v) is 3.96. The van der Waals surface area contributed by atoms with E-state index in [0.717, 1.165) is 28.2 Å². The summed E-state index contributed by atoms with van der Waals surface area (Å²) < 4.78 is 7.72. The van der Waals surface area contributed by atoms with Gasteiger partial charge in [0.05, 0.1) is 12.2 Å². The van der Waals surface area contributed by atoms with Gasteiger partial charge in [0.1, 0.15) is 17.9 Å². The fraction of sp³-hybridized carbons (Fsp3) is 0.250. The molecule has 0 saturated carbocycles. The number of hydrogen-bond acceptors (Lipinski definition) is 4. The molecule has 2 aromatic carbocycles. The molecule has 1 fully saturated rings. The second kappa shape index (κ2) is 10.4. The number of nitrogens with one attached hydrogen (secondary N) is 1. The molecule has 35 heavy (non-hydrogen) atoms. The van der Waals surface area contributed by atoms with Gasteiger partial charge >= 0.3 is 6.03 Å². The number of benzene rings is 2. The second-order valence-corrected chi connectivity index (χ2v) is 8.65. The van der Waals surface area contributed by atoms with Crippen molar-refractivity contribution in [3.8, 4) is 5.75 Å². The number of amides is 4. The zero-order chi connectivity index (χ0) is 24.9. The second-order valence-electron chi connectivity index (χ2n) is 8.65. The largest absolute Gasteiger partial charge is 0.492 e. The number of hydrogen-bond donors (Lipinski definition) is 1. The Balaban J connectivity index is 1.52. The molecule has 4 rings (SSSR count). The van der Waals surface area contributed by atoms with Crippen LogP contribution in [0.1, 0.15) is 43.0 Å². The number of anilines is 1. The third-order valence-electron chi connectivity index (χ3n) is 6.18. The molecule has 180 valence electrons. The highest BCUT2D eigenvalue weighted by Crippen LogP contribution is 2.25. The highest BCUT2D eigenvalue weighted by Gasteiger charge is 2.37. The minimum atomic E-state index is -0.754. The lowest BCUT2D eigenvalue weighted by molar-refractivity contribution is -0.122. The lowest BCUT2D eigenvalue weighted by Gasteiger charge is -2.26. The summed E-state index contributed by atoms with van der Waals surface area (Å²) in [6.45, 7) is 7.17. The smallest absolute Gasteiger partial charge is 0.335 e. The van der Waals surface area contributed by atoms with Crippen molar-refractivity contribution in [2.45, 2.75) is 39.7 Å². The molecule has 1 aliphatic heterocycles. The number of carbonyl (C=O) groups is 3. The van der Waals surface area contributed by atoms with Crippen molar-refractivity contribution in [2.75, 3.05) is 11.5 Å². The van der Waals surface area contributed by atoms with E-state index in [4.69, 9.17) is 4.74 Å². The Morgan fingerprint density at radius 3 is 2.51 bits per heavy atom. The molecular formula is C28H29N3O4. The van der Waals surface area contributed by atoms with E-state index in [9.17, 15) is 14.4 Å². The Morgan fingerprint density at radius 2 is 1.80 bits per heavy atom. The molecule has 1 unspecified atom stereocenters. The zero-order valence-electron chi connectivity index (χ0n) is 20.2. The molecule has 1 aliphatic rings. The standard InChI is InChI=1S/C28H29N3O4/c1-4-20(3)21-10-12-22(13-11-21)31-27(33)25(26(32)29-28(31)34)18-23-8-6-14-30(23)15-16-35-24-9-5-7-19(2)17-24/h5-14,17-18,20H,4,15-16H2,1-3H3,(H,29,32,34). The van der Waals surface area contributed by atoms with Crippen LogP contribution in [0.25, 0.3) is 6.08 Å². The molecule has 1 saturated heterocycles. The lowest BCUT2D eigenvalue weighted by Crippen LogP contribution is -2.54. The first-order valence-corrected chi connectivity index (χ1v) is 11.7. The first-order valence-electron chi connectivity index (χ1n) is 11.7. The predicted octanol–water partition coefficient (Wildman–Crippen LogP) is 5.06. The number of ether oxygens (including phenoxy) is 1. The van der Waals surface area contributed by atoms with E-state index in [2.05, 4.69) is 19.2 Å². The van der Waals surface area contributed by atoms with E-state index < -0.39 is 17.8 Å². The van der Waals surface area contributed by atoms with Crippen LogP contribution in [0.3, 0.4) is 0 Å². The number of nitrogens with zero attached hydrogens (tertiary/aromatic N) is 2. The SMILES string of the molecule is CCC(C)c1ccc(N2C(=O)NC(=O)C(=Cc3cccn3CCOc3cccc(C)c3)C2=O)cc1. The van der Waals surface area contributed by atoms with Gasteiger partial charge in [-0.05, 0) is 72.9 Å². The van der Waals surface area contributed by atoms with Gasteiger partial charge in [-0.3, -0.25) is 14.9 Å². The van der Waals surface area contributed by atoms with Gasteiger partial charge in [-0.25, -0.2) is 9.69 Å². The van der Waals surface area contributed by atoms with Crippen LogP contribution in [0.4, 0.5) is 10.5 Å². The Labute approximate surface area is 205 Å². The molecule has 7 heteroatoms. The first kappa shape index (κ1) is 24.0. The van der Waals surface area contributed by atoms with Gasteiger partial charge in [0.2, 0.25) is 0 Å². The topological polar surface area (TPSA) is 80.6 Å².